The van der Waals surface area contributed by atoms with E-state index in [2.05, 4.69) is 6.58 Å². The SMILES string of the molecule is C=CCC(O)CCP(=O)(OCC)OCC. The van der Waals surface area contributed by atoms with E-state index in [9.17, 15) is 9.67 Å². The van der Waals surface area contributed by atoms with Crippen LogP contribution in [0, 0.1) is 0 Å². The fourth-order valence-electron chi connectivity index (χ4n) is 1.18. The zero-order valence-electron chi connectivity index (χ0n) is 9.52. The predicted octanol–water partition coefficient (Wildman–Crippen LogP) is 2.58. The fourth-order valence-corrected chi connectivity index (χ4v) is 2.91. The second-order valence-electron chi connectivity index (χ2n) is 3.14. The number of aliphatic hydroxyl groups is 1. The number of aliphatic hydroxyl groups excluding tert-OH is 1. The van der Waals surface area contributed by atoms with Gasteiger partial charge < -0.3 is 14.2 Å². The zero-order valence-corrected chi connectivity index (χ0v) is 10.4. The maximum Gasteiger partial charge on any atom is 0.330 e. The van der Waals surface area contributed by atoms with Gasteiger partial charge in [0.15, 0.2) is 0 Å². The van der Waals surface area contributed by atoms with Gasteiger partial charge in [0.1, 0.15) is 0 Å². The summed E-state index contributed by atoms with van der Waals surface area (Å²) in [5, 5.41) is 9.45. The molecule has 0 aromatic carbocycles. The average molecular weight is 236 g/mol. The van der Waals surface area contributed by atoms with E-state index in [1.54, 1.807) is 19.9 Å². The molecule has 0 aliphatic carbocycles. The fraction of sp³-hybridized carbons (Fsp3) is 0.800. The Morgan fingerprint density at radius 1 is 1.40 bits per heavy atom. The van der Waals surface area contributed by atoms with E-state index < -0.39 is 13.7 Å². The molecule has 1 unspecified atom stereocenters. The van der Waals surface area contributed by atoms with Crippen LogP contribution in [0.25, 0.3) is 0 Å². The summed E-state index contributed by atoms with van der Waals surface area (Å²) in [4.78, 5) is 0. The van der Waals surface area contributed by atoms with Crippen LogP contribution in [0.1, 0.15) is 26.7 Å². The first kappa shape index (κ1) is 14.8. The Morgan fingerprint density at radius 2 is 1.93 bits per heavy atom. The van der Waals surface area contributed by atoms with Crippen LogP contribution in [0.3, 0.4) is 0 Å². The van der Waals surface area contributed by atoms with Gasteiger partial charge in [-0.3, -0.25) is 4.57 Å². The van der Waals surface area contributed by atoms with Crippen molar-refractivity contribution >= 4 is 7.60 Å². The molecule has 90 valence electrons. The van der Waals surface area contributed by atoms with Crippen LogP contribution in [-0.4, -0.2) is 30.6 Å². The van der Waals surface area contributed by atoms with Crippen molar-refractivity contribution in [3.63, 3.8) is 0 Å². The number of rotatable bonds is 9. The molecule has 5 heteroatoms. The highest BCUT2D eigenvalue weighted by atomic mass is 31.2. The Hall–Kier alpha value is -0.150. The minimum absolute atomic E-state index is 0.254. The van der Waals surface area contributed by atoms with E-state index in [4.69, 9.17) is 9.05 Å². The Balaban J connectivity index is 4.05. The lowest BCUT2D eigenvalue weighted by Crippen LogP contribution is -2.10. The molecular weight excluding hydrogens is 215 g/mol. The molecule has 0 spiro atoms. The van der Waals surface area contributed by atoms with Gasteiger partial charge >= 0.3 is 7.60 Å². The zero-order chi connectivity index (χ0) is 11.7. The molecule has 0 heterocycles. The van der Waals surface area contributed by atoms with E-state index in [1.165, 1.54) is 0 Å². The third-order valence-electron chi connectivity index (χ3n) is 1.83. The average Bonchev–Trinajstić information content (AvgIpc) is 2.16. The summed E-state index contributed by atoms with van der Waals surface area (Å²) in [5.41, 5.74) is 0. The van der Waals surface area contributed by atoms with Gasteiger partial charge in [0.05, 0.1) is 25.5 Å². The summed E-state index contributed by atoms with van der Waals surface area (Å²) in [6.07, 6.45) is 2.28. The van der Waals surface area contributed by atoms with Gasteiger partial charge in [-0.05, 0) is 26.7 Å². The van der Waals surface area contributed by atoms with Gasteiger partial charge in [0, 0.05) is 0 Å². The lowest BCUT2D eigenvalue weighted by Gasteiger charge is -2.18. The first-order chi connectivity index (χ1) is 7.08. The molecule has 1 N–H and O–H groups in total. The summed E-state index contributed by atoms with van der Waals surface area (Å²) < 4.78 is 22.1. The van der Waals surface area contributed by atoms with Crippen molar-refractivity contribution in [1.82, 2.24) is 0 Å². The maximum atomic E-state index is 11.9. The van der Waals surface area contributed by atoms with Crippen LogP contribution < -0.4 is 0 Å². The van der Waals surface area contributed by atoms with E-state index >= 15 is 0 Å². The van der Waals surface area contributed by atoms with Crippen molar-refractivity contribution < 1.29 is 18.7 Å². The molecule has 0 saturated heterocycles. The lowest BCUT2D eigenvalue weighted by molar-refractivity contribution is 0.166. The van der Waals surface area contributed by atoms with Gasteiger partial charge in [-0.25, -0.2) is 0 Å². The second-order valence-corrected chi connectivity index (χ2v) is 5.32. The van der Waals surface area contributed by atoms with Crippen molar-refractivity contribution in [3.8, 4) is 0 Å². The minimum Gasteiger partial charge on any atom is -0.393 e. The standard InChI is InChI=1S/C10H21O4P/c1-4-7-10(11)8-9-15(12,13-5-2)14-6-3/h4,10-11H,1,5-9H2,2-3H3. The van der Waals surface area contributed by atoms with Crippen LogP contribution >= 0.6 is 7.60 Å². The number of hydrogen-bond donors (Lipinski definition) is 1. The molecule has 1 atom stereocenters. The maximum absolute atomic E-state index is 11.9. The van der Waals surface area contributed by atoms with Crippen molar-refractivity contribution in [2.75, 3.05) is 19.4 Å². The van der Waals surface area contributed by atoms with Gasteiger partial charge in [0.2, 0.25) is 0 Å². The molecule has 0 aliphatic rings. The Morgan fingerprint density at radius 3 is 2.33 bits per heavy atom. The molecule has 0 aromatic heterocycles. The van der Waals surface area contributed by atoms with Gasteiger partial charge in [-0.2, -0.15) is 0 Å². The summed E-state index contributed by atoms with van der Waals surface area (Å²) in [6.45, 7) is 7.78. The Kier molecular flexibility index (Phi) is 7.97. The van der Waals surface area contributed by atoms with E-state index in [-0.39, 0.29) is 6.16 Å². The molecule has 0 rings (SSSR count). The third-order valence-corrected chi connectivity index (χ3v) is 3.94. The van der Waals surface area contributed by atoms with Gasteiger partial charge in [-0.1, -0.05) is 6.08 Å². The summed E-state index contributed by atoms with van der Waals surface area (Å²) in [7, 11) is -2.99. The van der Waals surface area contributed by atoms with E-state index in [1.807, 2.05) is 0 Å². The van der Waals surface area contributed by atoms with Crippen LogP contribution in [0.2, 0.25) is 0 Å². The smallest absolute Gasteiger partial charge is 0.330 e. The molecule has 4 nitrogen and oxygen atoms in total. The largest absolute Gasteiger partial charge is 0.393 e. The van der Waals surface area contributed by atoms with Crippen LogP contribution in [0.5, 0.6) is 0 Å². The topological polar surface area (TPSA) is 55.8 Å². The van der Waals surface area contributed by atoms with E-state index in [0.29, 0.717) is 26.1 Å². The summed E-state index contributed by atoms with van der Waals surface area (Å²) in [6, 6.07) is 0. The predicted molar refractivity (Wildman–Crippen MR) is 61.2 cm³/mol. The highest BCUT2D eigenvalue weighted by Gasteiger charge is 2.24. The van der Waals surface area contributed by atoms with Crippen molar-refractivity contribution in [1.29, 1.82) is 0 Å². The molecule has 0 aliphatic heterocycles. The van der Waals surface area contributed by atoms with Crippen molar-refractivity contribution in [2.24, 2.45) is 0 Å². The molecule has 0 bridgehead atoms. The first-order valence-electron chi connectivity index (χ1n) is 5.25. The summed E-state index contributed by atoms with van der Waals surface area (Å²) in [5.74, 6) is 0. The van der Waals surface area contributed by atoms with Gasteiger partial charge in [-0.15, -0.1) is 6.58 Å². The van der Waals surface area contributed by atoms with Crippen LogP contribution in [0.4, 0.5) is 0 Å². The van der Waals surface area contributed by atoms with Crippen molar-refractivity contribution in [2.45, 2.75) is 32.8 Å². The molecule has 0 saturated carbocycles. The van der Waals surface area contributed by atoms with Crippen LogP contribution in [0.15, 0.2) is 12.7 Å². The molecule has 0 radical (unpaired) electrons. The molecular formula is C10H21O4P. The molecule has 0 fully saturated rings. The summed E-state index contributed by atoms with van der Waals surface area (Å²) >= 11 is 0. The van der Waals surface area contributed by atoms with Crippen LogP contribution in [-0.2, 0) is 13.6 Å². The second kappa shape index (κ2) is 8.05. The Bertz CT molecular complexity index is 207. The monoisotopic (exact) mass is 236 g/mol. The quantitative estimate of drug-likeness (QED) is 0.494. The lowest BCUT2D eigenvalue weighted by atomic mass is 10.2. The van der Waals surface area contributed by atoms with Gasteiger partial charge in [0.25, 0.3) is 0 Å². The van der Waals surface area contributed by atoms with Crippen molar-refractivity contribution in [3.05, 3.63) is 12.7 Å². The van der Waals surface area contributed by atoms with E-state index in [0.717, 1.165) is 0 Å². The molecule has 0 amide bonds. The first-order valence-corrected chi connectivity index (χ1v) is 6.97. The highest BCUT2D eigenvalue weighted by molar-refractivity contribution is 7.53. The highest BCUT2D eigenvalue weighted by Crippen LogP contribution is 2.48. The number of hydrogen-bond acceptors (Lipinski definition) is 4. The third kappa shape index (κ3) is 6.85. The molecule has 0 aromatic rings. The normalized spacial score (nSPS) is 13.8. The Labute approximate surface area is 91.8 Å². The minimum atomic E-state index is -2.99. The molecule has 15 heavy (non-hydrogen) atoms.